The van der Waals surface area contributed by atoms with Crippen LogP contribution in [0.2, 0.25) is 10.0 Å². The number of carboxylic acids is 2. The molecule has 1 aromatic carbocycles. The molecule has 0 aromatic heterocycles. The Morgan fingerprint density at radius 3 is 1.43 bits per heavy atom. The molecule has 0 aliphatic heterocycles. The van der Waals surface area contributed by atoms with Crippen molar-refractivity contribution in [1.29, 1.82) is 0 Å². The number of halogens is 2. The van der Waals surface area contributed by atoms with E-state index in [2.05, 4.69) is 0 Å². The third-order valence-electron chi connectivity index (χ3n) is 1.52. The van der Waals surface area contributed by atoms with Gasteiger partial charge in [0.05, 0.1) is 21.2 Å². The van der Waals surface area contributed by atoms with E-state index in [4.69, 9.17) is 33.4 Å². The predicted molar refractivity (Wildman–Crippen MR) is 50.4 cm³/mol. The van der Waals surface area contributed by atoms with Gasteiger partial charge in [-0.25, -0.2) is 9.59 Å². The van der Waals surface area contributed by atoms with Crippen LogP contribution in [-0.4, -0.2) is 22.2 Å². The molecule has 1 aromatic rings. The lowest BCUT2D eigenvalue weighted by Crippen LogP contribution is -2.02. The summed E-state index contributed by atoms with van der Waals surface area (Å²) >= 11 is 11.1. The second kappa shape index (κ2) is 3.86. The number of benzene rings is 1. The molecule has 6 heteroatoms. The van der Waals surface area contributed by atoms with Crippen LogP contribution in [0.15, 0.2) is 12.1 Å². The third kappa shape index (κ3) is 1.97. The van der Waals surface area contributed by atoms with E-state index in [1.807, 2.05) is 0 Å². The zero-order valence-corrected chi connectivity index (χ0v) is 8.13. The summed E-state index contributed by atoms with van der Waals surface area (Å²) in [5.41, 5.74) is -0.441. The van der Waals surface area contributed by atoms with Crippen molar-refractivity contribution in [3.63, 3.8) is 0 Å². The molecule has 0 bridgehead atoms. The molecule has 0 aliphatic rings. The van der Waals surface area contributed by atoms with Crippen LogP contribution in [0.25, 0.3) is 0 Å². The fraction of sp³-hybridized carbons (Fsp3) is 0. The molecule has 74 valence electrons. The minimum atomic E-state index is -1.26. The van der Waals surface area contributed by atoms with Gasteiger partial charge in [-0.05, 0) is 12.1 Å². The van der Waals surface area contributed by atoms with Gasteiger partial charge in [0, 0.05) is 0 Å². The van der Waals surface area contributed by atoms with Crippen LogP contribution in [0.3, 0.4) is 0 Å². The monoisotopic (exact) mass is 234 g/mol. The molecular formula is C8H4Cl2O4. The SMILES string of the molecule is O=C(O)c1cc(Cl)c(C(=O)O)cc1Cl. The van der Waals surface area contributed by atoms with E-state index in [9.17, 15) is 9.59 Å². The molecule has 0 saturated heterocycles. The molecule has 0 heterocycles. The highest BCUT2D eigenvalue weighted by Gasteiger charge is 2.16. The highest BCUT2D eigenvalue weighted by atomic mass is 35.5. The van der Waals surface area contributed by atoms with Crippen LogP contribution in [-0.2, 0) is 0 Å². The summed E-state index contributed by atoms with van der Waals surface area (Å²) in [4.78, 5) is 21.1. The maximum atomic E-state index is 10.6. The van der Waals surface area contributed by atoms with E-state index in [1.165, 1.54) is 0 Å². The van der Waals surface area contributed by atoms with E-state index in [0.29, 0.717) is 0 Å². The number of carboxylic acid groups (broad SMARTS) is 2. The topological polar surface area (TPSA) is 74.6 Å². The molecule has 0 unspecified atom stereocenters. The largest absolute Gasteiger partial charge is 0.478 e. The van der Waals surface area contributed by atoms with E-state index in [-0.39, 0.29) is 21.2 Å². The zero-order valence-electron chi connectivity index (χ0n) is 6.62. The van der Waals surface area contributed by atoms with Crippen molar-refractivity contribution in [1.82, 2.24) is 0 Å². The van der Waals surface area contributed by atoms with Crippen molar-refractivity contribution in [3.05, 3.63) is 33.3 Å². The molecule has 1 rings (SSSR count). The van der Waals surface area contributed by atoms with Gasteiger partial charge in [0.15, 0.2) is 0 Å². The summed E-state index contributed by atoms with van der Waals surface area (Å²) in [6.45, 7) is 0. The van der Waals surface area contributed by atoms with Crippen molar-refractivity contribution in [2.45, 2.75) is 0 Å². The number of hydrogen-bond acceptors (Lipinski definition) is 2. The van der Waals surface area contributed by atoms with E-state index < -0.39 is 11.9 Å². The lowest BCUT2D eigenvalue weighted by Gasteiger charge is -2.02. The van der Waals surface area contributed by atoms with Gasteiger partial charge in [0.25, 0.3) is 0 Å². The molecule has 0 radical (unpaired) electrons. The first-order valence-electron chi connectivity index (χ1n) is 3.39. The fourth-order valence-corrected chi connectivity index (χ4v) is 1.36. The Labute approximate surface area is 88.7 Å². The minimum absolute atomic E-state index is 0.153. The van der Waals surface area contributed by atoms with Gasteiger partial charge in [-0.1, -0.05) is 23.2 Å². The van der Waals surface area contributed by atoms with E-state index in [1.54, 1.807) is 0 Å². The van der Waals surface area contributed by atoms with Gasteiger partial charge in [-0.2, -0.15) is 0 Å². The second-order valence-electron chi connectivity index (χ2n) is 2.42. The Bertz CT molecular complexity index is 374. The lowest BCUT2D eigenvalue weighted by atomic mass is 10.1. The quantitative estimate of drug-likeness (QED) is 0.825. The van der Waals surface area contributed by atoms with Gasteiger partial charge in [0.1, 0.15) is 0 Å². The smallest absolute Gasteiger partial charge is 0.337 e. The van der Waals surface area contributed by atoms with Crippen LogP contribution < -0.4 is 0 Å². The summed E-state index contributed by atoms with van der Waals surface area (Å²) in [6.07, 6.45) is 0. The van der Waals surface area contributed by atoms with Crippen molar-refractivity contribution < 1.29 is 19.8 Å². The lowest BCUT2D eigenvalue weighted by molar-refractivity contribution is 0.0681. The van der Waals surface area contributed by atoms with Gasteiger partial charge >= 0.3 is 11.9 Å². The molecule has 2 N–H and O–H groups in total. The highest BCUT2D eigenvalue weighted by Crippen LogP contribution is 2.25. The Hall–Kier alpha value is -1.26. The van der Waals surface area contributed by atoms with E-state index in [0.717, 1.165) is 12.1 Å². The molecule has 0 atom stereocenters. The van der Waals surface area contributed by atoms with Gasteiger partial charge in [0.2, 0.25) is 0 Å². The van der Waals surface area contributed by atoms with Gasteiger partial charge in [-0.3, -0.25) is 0 Å². The first-order chi connectivity index (χ1) is 6.43. The maximum Gasteiger partial charge on any atom is 0.337 e. The number of hydrogen-bond donors (Lipinski definition) is 2. The van der Waals surface area contributed by atoms with Crippen molar-refractivity contribution >= 4 is 35.1 Å². The molecule has 0 aliphatic carbocycles. The Morgan fingerprint density at radius 1 is 0.929 bits per heavy atom. The summed E-state index contributed by atoms with van der Waals surface area (Å²) in [5, 5.41) is 17.0. The number of aromatic carboxylic acids is 2. The molecule has 0 amide bonds. The molecular weight excluding hydrogens is 231 g/mol. The predicted octanol–water partition coefficient (Wildman–Crippen LogP) is 2.39. The highest BCUT2D eigenvalue weighted by molar-refractivity contribution is 6.37. The number of rotatable bonds is 2. The minimum Gasteiger partial charge on any atom is -0.478 e. The molecule has 0 fully saturated rings. The van der Waals surface area contributed by atoms with Crippen molar-refractivity contribution in [2.75, 3.05) is 0 Å². The van der Waals surface area contributed by atoms with Crippen LogP contribution in [0.4, 0.5) is 0 Å². The van der Waals surface area contributed by atoms with Crippen molar-refractivity contribution in [2.24, 2.45) is 0 Å². The average molecular weight is 235 g/mol. The van der Waals surface area contributed by atoms with Gasteiger partial charge < -0.3 is 10.2 Å². The summed E-state index contributed by atoms with van der Waals surface area (Å²) in [6, 6.07) is 2.02. The maximum absolute atomic E-state index is 10.6. The summed E-state index contributed by atoms with van der Waals surface area (Å²) in [5.74, 6) is -2.51. The van der Waals surface area contributed by atoms with Crippen LogP contribution in [0.5, 0.6) is 0 Å². The Kier molecular flexibility index (Phi) is 2.98. The summed E-state index contributed by atoms with van der Waals surface area (Å²) < 4.78 is 0. The average Bonchev–Trinajstić information content (AvgIpc) is 2.07. The van der Waals surface area contributed by atoms with Crippen LogP contribution in [0, 0.1) is 0 Å². The second-order valence-corrected chi connectivity index (χ2v) is 3.24. The standard InChI is InChI=1S/C8H4Cl2O4/c9-5-1-3(7(11)12)6(10)2-4(5)8(13)14/h1-2H,(H,11,12)(H,13,14). The third-order valence-corrected chi connectivity index (χ3v) is 2.14. The first-order valence-corrected chi connectivity index (χ1v) is 4.14. The molecule has 4 nitrogen and oxygen atoms in total. The van der Waals surface area contributed by atoms with Crippen LogP contribution >= 0.6 is 23.2 Å². The first kappa shape index (κ1) is 10.8. The Balaban J connectivity index is 3.38. The number of carbonyl (C=O) groups is 2. The van der Waals surface area contributed by atoms with E-state index >= 15 is 0 Å². The van der Waals surface area contributed by atoms with Crippen LogP contribution in [0.1, 0.15) is 20.7 Å². The normalized spacial score (nSPS) is 9.86. The zero-order chi connectivity index (χ0) is 10.9. The molecule has 0 spiro atoms. The molecule has 0 saturated carbocycles. The van der Waals surface area contributed by atoms with Crippen molar-refractivity contribution in [3.8, 4) is 0 Å². The fourth-order valence-electron chi connectivity index (χ4n) is 0.875. The van der Waals surface area contributed by atoms with Gasteiger partial charge in [-0.15, -0.1) is 0 Å². The summed E-state index contributed by atoms with van der Waals surface area (Å²) in [7, 11) is 0. The molecule has 14 heavy (non-hydrogen) atoms. The Morgan fingerprint density at radius 2 is 1.21 bits per heavy atom.